The monoisotopic (exact) mass is 280 g/mol. The number of allylic oxidation sites excluding steroid dienone is 3. The van der Waals surface area contributed by atoms with E-state index in [4.69, 9.17) is 5.26 Å². The highest BCUT2D eigenvalue weighted by molar-refractivity contribution is 6.28. The molecule has 0 fully saturated rings. The second-order valence-electron chi connectivity index (χ2n) is 3.49. The highest BCUT2D eigenvalue weighted by Crippen LogP contribution is 2.17. The molecule has 2 amide bonds. The summed E-state index contributed by atoms with van der Waals surface area (Å²) in [7, 11) is 0. The van der Waals surface area contributed by atoms with Crippen LogP contribution in [0.4, 0.5) is 5.69 Å². The van der Waals surface area contributed by atoms with E-state index in [0.29, 0.717) is 5.69 Å². The molecule has 4 heteroatoms. The van der Waals surface area contributed by atoms with Crippen LogP contribution >= 0.6 is 0 Å². The lowest BCUT2D eigenvalue weighted by Gasteiger charge is -2.12. The first-order chi connectivity index (χ1) is 10.1. The van der Waals surface area contributed by atoms with E-state index in [-0.39, 0.29) is 11.8 Å². The van der Waals surface area contributed by atoms with Gasteiger partial charge in [-0.25, -0.2) is 4.90 Å². The van der Waals surface area contributed by atoms with Gasteiger partial charge in [-0.2, -0.15) is 5.26 Å². The Morgan fingerprint density at radius 3 is 1.71 bits per heavy atom. The molecule has 1 heterocycles. The zero-order valence-electron chi connectivity index (χ0n) is 11.6. The molecule has 106 valence electrons. The topological polar surface area (TPSA) is 61.2 Å². The van der Waals surface area contributed by atoms with Gasteiger partial charge in [0.15, 0.2) is 0 Å². The fraction of sp³-hybridized carbons (Fsp3) is 0. The van der Waals surface area contributed by atoms with Gasteiger partial charge in [0, 0.05) is 18.2 Å². The zero-order valence-corrected chi connectivity index (χ0v) is 11.6. The SMILES string of the molecule is C=CC#N.C=CC=C.O=C1C=CC(=O)N1c1ccccc1. The van der Waals surface area contributed by atoms with Gasteiger partial charge < -0.3 is 0 Å². The highest BCUT2D eigenvalue weighted by Gasteiger charge is 2.24. The van der Waals surface area contributed by atoms with Crippen molar-refractivity contribution in [3.05, 3.63) is 80.4 Å². The Hall–Kier alpha value is -3.19. The number of para-hydroxylation sites is 1. The molecule has 21 heavy (non-hydrogen) atoms. The molecule has 1 aromatic rings. The molecular weight excluding hydrogens is 264 g/mol. The predicted molar refractivity (Wildman–Crippen MR) is 84.3 cm³/mol. The first-order valence-electron chi connectivity index (χ1n) is 5.97. The van der Waals surface area contributed by atoms with Crippen molar-refractivity contribution < 1.29 is 9.59 Å². The summed E-state index contributed by atoms with van der Waals surface area (Å²) in [5.41, 5.74) is 0.613. The van der Waals surface area contributed by atoms with Gasteiger partial charge in [0.2, 0.25) is 0 Å². The summed E-state index contributed by atoms with van der Waals surface area (Å²) in [6.07, 6.45) is 7.00. The molecule has 2 rings (SSSR count). The third kappa shape index (κ3) is 6.50. The largest absolute Gasteiger partial charge is 0.269 e. The van der Waals surface area contributed by atoms with Gasteiger partial charge >= 0.3 is 0 Å². The Morgan fingerprint density at radius 1 is 0.952 bits per heavy atom. The lowest BCUT2D eigenvalue weighted by molar-refractivity contribution is -0.119. The molecule has 1 aliphatic heterocycles. The number of hydrogen-bond donors (Lipinski definition) is 0. The summed E-state index contributed by atoms with van der Waals surface area (Å²) < 4.78 is 0. The molecule has 0 N–H and O–H groups in total. The van der Waals surface area contributed by atoms with Crippen molar-refractivity contribution in [3.63, 3.8) is 0 Å². The minimum atomic E-state index is -0.281. The van der Waals surface area contributed by atoms with Crippen LogP contribution in [0.1, 0.15) is 0 Å². The van der Waals surface area contributed by atoms with Crippen LogP contribution in [0, 0.1) is 11.3 Å². The quantitative estimate of drug-likeness (QED) is 0.475. The van der Waals surface area contributed by atoms with Crippen LogP contribution in [0.5, 0.6) is 0 Å². The molecule has 0 atom stereocenters. The molecule has 0 saturated carbocycles. The summed E-state index contributed by atoms with van der Waals surface area (Å²) in [5.74, 6) is -0.563. The highest BCUT2D eigenvalue weighted by atomic mass is 16.2. The van der Waals surface area contributed by atoms with Crippen molar-refractivity contribution in [1.29, 1.82) is 5.26 Å². The van der Waals surface area contributed by atoms with Crippen LogP contribution in [0.25, 0.3) is 0 Å². The number of imide groups is 1. The molecule has 1 aliphatic rings. The van der Waals surface area contributed by atoms with E-state index < -0.39 is 0 Å². The zero-order chi connectivity index (χ0) is 16.1. The van der Waals surface area contributed by atoms with Crippen LogP contribution in [0.2, 0.25) is 0 Å². The smallest absolute Gasteiger partial charge is 0.258 e. The number of amides is 2. The minimum Gasteiger partial charge on any atom is -0.269 e. The van der Waals surface area contributed by atoms with Crippen molar-refractivity contribution in [2.24, 2.45) is 0 Å². The summed E-state index contributed by atoms with van der Waals surface area (Å²) in [5, 5.41) is 7.51. The molecule has 4 nitrogen and oxygen atoms in total. The number of carbonyl (C=O) groups is 2. The van der Waals surface area contributed by atoms with Crippen LogP contribution in [-0.2, 0) is 9.59 Å². The normalized spacial score (nSPS) is 11.3. The van der Waals surface area contributed by atoms with Crippen LogP contribution in [-0.4, -0.2) is 11.8 Å². The Morgan fingerprint density at radius 2 is 1.38 bits per heavy atom. The third-order valence-corrected chi connectivity index (χ3v) is 2.08. The van der Waals surface area contributed by atoms with Crippen molar-refractivity contribution in [2.45, 2.75) is 0 Å². The Labute approximate surface area is 124 Å². The first-order valence-corrected chi connectivity index (χ1v) is 5.97. The second kappa shape index (κ2) is 10.7. The fourth-order valence-electron chi connectivity index (χ4n) is 1.23. The second-order valence-corrected chi connectivity index (χ2v) is 3.49. The molecular formula is C17H16N2O2. The maximum absolute atomic E-state index is 11.2. The van der Waals surface area contributed by atoms with Gasteiger partial charge in [0.25, 0.3) is 11.8 Å². The summed E-state index contributed by atoms with van der Waals surface area (Å²) in [6.45, 7) is 9.84. The maximum Gasteiger partial charge on any atom is 0.258 e. The van der Waals surface area contributed by atoms with Crippen molar-refractivity contribution in [1.82, 2.24) is 0 Å². The lowest BCUT2D eigenvalue weighted by atomic mass is 10.3. The molecule has 0 aromatic heterocycles. The average Bonchev–Trinajstić information content (AvgIpc) is 2.87. The van der Waals surface area contributed by atoms with Crippen LogP contribution in [0.15, 0.2) is 80.4 Å². The third-order valence-electron chi connectivity index (χ3n) is 2.08. The minimum absolute atomic E-state index is 0.281. The van der Waals surface area contributed by atoms with Crippen LogP contribution in [0.3, 0.4) is 0 Å². The summed E-state index contributed by atoms with van der Waals surface area (Å²) in [4.78, 5) is 23.5. The molecule has 0 bridgehead atoms. The van der Waals surface area contributed by atoms with E-state index in [2.05, 4.69) is 19.7 Å². The molecule has 0 aliphatic carbocycles. The summed E-state index contributed by atoms with van der Waals surface area (Å²) in [6, 6.07) is 10.6. The molecule has 1 aromatic carbocycles. The van der Waals surface area contributed by atoms with E-state index in [1.165, 1.54) is 18.2 Å². The van der Waals surface area contributed by atoms with Crippen molar-refractivity contribution in [2.75, 3.05) is 4.90 Å². The maximum atomic E-state index is 11.2. The van der Waals surface area contributed by atoms with Gasteiger partial charge in [-0.1, -0.05) is 50.1 Å². The number of nitriles is 1. The van der Waals surface area contributed by atoms with Crippen molar-refractivity contribution >= 4 is 17.5 Å². The van der Waals surface area contributed by atoms with Gasteiger partial charge in [-0.05, 0) is 12.1 Å². The molecule has 0 unspecified atom stereocenters. The van der Waals surface area contributed by atoms with E-state index in [1.807, 2.05) is 6.07 Å². The Balaban J connectivity index is 0.000000421. The number of carbonyl (C=O) groups excluding carboxylic acids is 2. The molecule has 0 saturated heterocycles. The van der Waals surface area contributed by atoms with Gasteiger partial charge in [0.1, 0.15) is 0 Å². The van der Waals surface area contributed by atoms with E-state index >= 15 is 0 Å². The molecule has 0 radical (unpaired) electrons. The van der Waals surface area contributed by atoms with E-state index in [9.17, 15) is 9.59 Å². The number of anilines is 1. The first kappa shape index (κ1) is 17.8. The van der Waals surface area contributed by atoms with E-state index in [0.717, 1.165) is 4.90 Å². The fourth-order valence-corrected chi connectivity index (χ4v) is 1.23. The van der Waals surface area contributed by atoms with Crippen molar-refractivity contribution in [3.8, 4) is 6.07 Å². The van der Waals surface area contributed by atoms with Gasteiger partial charge in [-0.15, -0.1) is 0 Å². The Bertz CT molecular complexity index is 557. The number of hydrogen-bond acceptors (Lipinski definition) is 3. The average molecular weight is 280 g/mol. The summed E-state index contributed by atoms with van der Waals surface area (Å²) >= 11 is 0. The predicted octanol–water partition coefficient (Wildman–Crippen LogP) is 3.17. The Kier molecular flexibility index (Phi) is 9.08. The van der Waals surface area contributed by atoms with E-state index in [1.54, 1.807) is 42.5 Å². The number of rotatable bonds is 2. The van der Waals surface area contributed by atoms with Crippen LogP contribution < -0.4 is 4.90 Å². The number of benzene rings is 1. The standard InChI is InChI=1S/C10H7NO2.C4H6.C3H3N/c12-9-6-7-10(13)11(9)8-4-2-1-3-5-8;1-3-4-2;1-2-3-4/h1-7H;3-4H,1-2H2;2H,1H2. The molecule has 0 spiro atoms. The van der Waals surface area contributed by atoms with Gasteiger partial charge in [-0.3, -0.25) is 9.59 Å². The lowest BCUT2D eigenvalue weighted by Crippen LogP contribution is -2.29. The number of nitrogens with zero attached hydrogens (tertiary/aromatic N) is 2. The van der Waals surface area contributed by atoms with Gasteiger partial charge in [0.05, 0.1) is 11.8 Å².